The molecule has 0 unspecified atom stereocenters. The lowest BCUT2D eigenvalue weighted by Crippen LogP contribution is -1.91. The summed E-state index contributed by atoms with van der Waals surface area (Å²) in [6, 6.07) is 1.59. The molecule has 0 amide bonds. The number of pyridine rings is 1. The summed E-state index contributed by atoms with van der Waals surface area (Å²) in [5, 5.41) is 0. The molecule has 0 saturated heterocycles. The molecule has 1 aromatic rings. The highest BCUT2D eigenvalue weighted by Crippen LogP contribution is 2.03. The monoisotopic (exact) mass is 194 g/mol. The number of carbonyl (C=O) groups is 1. The van der Waals surface area contributed by atoms with Gasteiger partial charge in [0.1, 0.15) is 0 Å². The Kier molecular flexibility index (Phi) is 6.94. The van der Waals surface area contributed by atoms with Crippen molar-refractivity contribution < 1.29 is 4.79 Å². The van der Waals surface area contributed by atoms with Crippen LogP contribution in [-0.2, 0) is 0 Å². The summed E-state index contributed by atoms with van der Waals surface area (Å²) in [6.07, 6.45) is 3.66. The van der Waals surface area contributed by atoms with E-state index in [1.165, 1.54) is 6.20 Å². The molecule has 0 atom stereocenters. The van der Waals surface area contributed by atoms with Gasteiger partial charge in [0.15, 0.2) is 6.29 Å². The van der Waals surface area contributed by atoms with Gasteiger partial charge in [-0.1, -0.05) is 0 Å². The number of hydrogen-bond acceptors (Lipinski definition) is 3. The van der Waals surface area contributed by atoms with Crippen molar-refractivity contribution in [2.75, 3.05) is 5.73 Å². The molecular weight excluding hydrogens is 187 g/mol. The van der Waals surface area contributed by atoms with Crippen molar-refractivity contribution in [3.05, 3.63) is 24.0 Å². The summed E-state index contributed by atoms with van der Waals surface area (Å²) in [4.78, 5) is 13.8. The van der Waals surface area contributed by atoms with E-state index in [1.807, 2.05) is 0 Å². The van der Waals surface area contributed by atoms with Crippen molar-refractivity contribution in [1.82, 2.24) is 4.98 Å². The first-order chi connectivity index (χ1) is 4.34. The van der Waals surface area contributed by atoms with Crippen molar-refractivity contribution in [3.8, 4) is 0 Å². The van der Waals surface area contributed by atoms with Crippen molar-refractivity contribution in [3.63, 3.8) is 0 Å². The summed E-state index contributed by atoms with van der Waals surface area (Å²) < 4.78 is 0. The molecule has 0 aromatic carbocycles. The van der Waals surface area contributed by atoms with Gasteiger partial charge in [-0.15, -0.1) is 24.8 Å². The number of halogens is 2. The Bertz CT molecular complexity index is 230. The highest BCUT2D eigenvalue weighted by molar-refractivity contribution is 5.85. The third-order valence-corrected chi connectivity index (χ3v) is 1.01. The molecule has 0 radical (unpaired) electrons. The fourth-order valence-corrected chi connectivity index (χ4v) is 0.516. The number of anilines is 1. The summed E-state index contributed by atoms with van der Waals surface area (Å²) in [7, 11) is 0. The van der Waals surface area contributed by atoms with Crippen LogP contribution in [0.5, 0.6) is 0 Å². The van der Waals surface area contributed by atoms with Crippen molar-refractivity contribution in [2.24, 2.45) is 0 Å². The lowest BCUT2D eigenvalue weighted by molar-refractivity contribution is 0.112. The minimum Gasteiger partial charge on any atom is -0.398 e. The van der Waals surface area contributed by atoms with Gasteiger partial charge in [-0.05, 0) is 6.07 Å². The Morgan fingerprint density at radius 3 is 2.45 bits per heavy atom. The third-order valence-electron chi connectivity index (χ3n) is 1.01. The molecular formula is C6H8Cl2N2O. The van der Waals surface area contributed by atoms with Gasteiger partial charge in [-0.3, -0.25) is 9.78 Å². The van der Waals surface area contributed by atoms with E-state index in [9.17, 15) is 4.79 Å². The minimum atomic E-state index is 0. The summed E-state index contributed by atoms with van der Waals surface area (Å²) >= 11 is 0. The summed E-state index contributed by atoms with van der Waals surface area (Å²) in [6.45, 7) is 0. The second-order valence-corrected chi connectivity index (χ2v) is 1.62. The lowest BCUT2D eigenvalue weighted by Gasteiger charge is -1.92. The molecule has 3 nitrogen and oxygen atoms in total. The van der Waals surface area contributed by atoms with E-state index in [4.69, 9.17) is 5.73 Å². The maximum Gasteiger partial charge on any atom is 0.153 e. The molecule has 0 spiro atoms. The van der Waals surface area contributed by atoms with Gasteiger partial charge in [-0.2, -0.15) is 0 Å². The number of aromatic nitrogens is 1. The van der Waals surface area contributed by atoms with E-state index >= 15 is 0 Å². The SMILES string of the molecule is Cl.Cl.Nc1ccncc1C=O. The van der Waals surface area contributed by atoms with E-state index in [1.54, 1.807) is 12.3 Å². The Labute approximate surface area is 76.8 Å². The second kappa shape index (κ2) is 5.95. The van der Waals surface area contributed by atoms with Crippen LogP contribution in [0.25, 0.3) is 0 Å². The number of aldehydes is 1. The predicted octanol–water partition coefficient (Wildman–Crippen LogP) is 1.32. The van der Waals surface area contributed by atoms with Gasteiger partial charge in [0.05, 0.1) is 5.56 Å². The first-order valence-corrected chi connectivity index (χ1v) is 2.49. The number of nitrogen functional groups attached to an aromatic ring is 1. The standard InChI is InChI=1S/C6H6N2O.2ClH/c7-6-1-2-8-3-5(6)4-9;;/h1-4H,(H2,7,8);2*1H. The molecule has 0 aliphatic carbocycles. The van der Waals surface area contributed by atoms with Crippen LogP contribution in [0.15, 0.2) is 18.5 Å². The molecule has 0 aliphatic rings. The van der Waals surface area contributed by atoms with Crippen LogP contribution in [0.2, 0.25) is 0 Å². The van der Waals surface area contributed by atoms with Crippen LogP contribution in [0, 0.1) is 0 Å². The van der Waals surface area contributed by atoms with Crippen molar-refractivity contribution in [1.29, 1.82) is 0 Å². The molecule has 62 valence electrons. The maximum absolute atomic E-state index is 10.1. The molecule has 1 aromatic heterocycles. The first kappa shape index (κ1) is 12.8. The van der Waals surface area contributed by atoms with Gasteiger partial charge in [0.2, 0.25) is 0 Å². The highest BCUT2D eigenvalue weighted by atomic mass is 35.5. The molecule has 11 heavy (non-hydrogen) atoms. The van der Waals surface area contributed by atoms with Gasteiger partial charge < -0.3 is 5.73 Å². The van der Waals surface area contributed by atoms with Crippen molar-refractivity contribution >= 4 is 36.8 Å². The number of nitrogens with two attached hydrogens (primary N) is 1. The highest BCUT2D eigenvalue weighted by Gasteiger charge is 1.92. The Morgan fingerprint density at radius 2 is 2.09 bits per heavy atom. The van der Waals surface area contributed by atoms with Crippen molar-refractivity contribution in [2.45, 2.75) is 0 Å². The van der Waals surface area contributed by atoms with Crippen LogP contribution < -0.4 is 5.73 Å². The molecule has 0 fully saturated rings. The van der Waals surface area contributed by atoms with E-state index in [0.717, 1.165) is 0 Å². The average Bonchev–Trinajstić information content (AvgIpc) is 1.89. The van der Waals surface area contributed by atoms with E-state index < -0.39 is 0 Å². The van der Waals surface area contributed by atoms with E-state index in [-0.39, 0.29) is 24.8 Å². The zero-order valence-corrected chi connectivity index (χ0v) is 7.19. The van der Waals surface area contributed by atoms with Gasteiger partial charge in [-0.25, -0.2) is 0 Å². The van der Waals surface area contributed by atoms with Crippen LogP contribution in [0.1, 0.15) is 10.4 Å². The number of hydrogen-bond donors (Lipinski definition) is 1. The van der Waals surface area contributed by atoms with Gasteiger partial charge in [0, 0.05) is 18.1 Å². The first-order valence-electron chi connectivity index (χ1n) is 2.49. The predicted molar refractivity (Wildman–Crippen MR) is 48.5 cm³/mol. The van der Waals surface area contributed by atoms with E-state index in [2.05, 4.69) is 4.98 Å². The second-order valence-electron chi connectivity index (χ2n) is 1.62. The minimum absolute atomic E-state index is 0. The van der Waals surface area contributed by atoms with Crippen LogP contribution in [-0.4, -0.2) is 11.3 Å². The molecule has 1 heterocycles. The zero-order valence-electron chi connectivity index (χ0n) is 5.56. The lowest BCUT2D eigenvalue weighted by atomic mass is 10.3. The number of nitrogens with zero attached hydrogens (tertiary/aromatic N) is 1. The van der Waals surface area contributed by atoms with E-state index in [0.29, 0.717) is 17.5 Å². The van der Waals surface area contributed by atoms with Crippen LogP contribution in [0.4, 0.5) is 5.69 Å². The third kappa shape index (κ3) is 3.20. The largest absolute Gasteiger partial charge is 0.398 e. The van der Waals surface area contributed by atoms with Crippen LogP contribution in [0.3, 0.4) is 0 Å². The fourth-order valence-electron chi connectivity index (χ4n) is 0.516. The maximum atomic E-state index is 10.1. The summed E-state index contributed by atoms with van der Waals surface area (Å²) in [5.74, 6) is 0. The number of carbonyl (C=O) groups excluding carboxylic acids is 1. The molecule has 0 aliphatic heterocycles. The molecule has 1 rings (SSSR count). The fraction of sp³-hybridized carbons (Fsp3) is 0. The van der Waals surface area contributed by atoms with Gasteiger partial charge >= 0.3 is 0 Å². The Hall–Kier alpha value is -0.800. The summed E-state index contributed by atoms with van der Waals surface area (Å²) in [5.41, 5.74) is 6.27. The zero-order chi connectivity index (χ0) is 6.69. The Morgan fingerprint density at radius 1 is 1.45 bits per heavy atom. The smallest absolute Gasteiger partial charge is 0.153 e. The number of rotatable bonds is 1. The quantitative estimate of drug-likeness (QED) is 0.687. The molecule has 0 saturated carbocycles. The normalized spacial score (nSPS) is 7.27. The molecule has 5 heteroatoms. The van der Waals surface area contributed by atoms with Crippen LogP contribution >= 0.6 is 24.8 Å². The van der Waals surface area contributed by atoms with Gasteiger partial charge in [0.25, 0.3) is 0 Å². The average molecular weight is 195 g/mol. The topological polar surface area (TPSA) is 56.0 Å². The molecule has 0 bridgehead atoms. The molecule has 2 N–H and O–H groups in total. The Balaban J connectivity index is 0.